The highest BCUT2D eigenvalue weighted by Gasteiger charge is 2.07. The maximum atomic E-state index is 12.1. The zero-order chi connectivity index (χ0) is 18.1. The van der Waals surface area contributed by atoms with Gasteiger partial charge in [-0.3, -0.25) is 4.79 Å². The number of rotatable bonds is 9. The lowest BCUT2D eigenvalue weighted by Gasteiger charge is -2.13. The maximum Gasteiger partial charge on any atom is 0.220 e. The highest BCUT2D eigenvalue weighted by Crippen LogP contribution is 2.19. The predicted octanol–water partition coefficient (Wildman–Crippen LogP) is 3.94. The van der Waals surface area contributed by atoms with Crippen LogP contribution in [-0.2, 0) is 17.8 Å². The molecule has 25 heavy (non-hydrogen) atoms. The van der Waals surface area contributed by atoms with Crippen LogP contribution in [0.3, 0.4) is 0 Å². The van der Waals surface area contributed by atoms with Gasteiger partial charge in [0.25, 0.3) is 0 Å². The number of nitrogen functional groups attached to an aromatic ring is 1. The molecule has 2 aromatic carbocycles. The van der Waals surface area contributed by atoms with Crippen LogP contribution in [0.4, 0.5) is 5.69 Å². The topological polar surface area (TPSA) is 64.3 Å². The summed E-state index contributed by atoms with van der Waals surface area (Å²) in [4.78, 5) is 12.1. The largest absolute Gasteiger partial charge is 0.493 e. The van der Waals surface area contributed by atoms with Crippen molar-refractivity contribution in [3.05, 3.63) is 59.7 Å². The summed E-state index contributed by atoms with van der Waals surface area (Å²) < 4.78 is 5.86. The Labute approximate surface area is 150 Å². The highest BCUT2D eigenvalue weighted by molar-refractivity contribution is 5.76. The fourth-order valence-electron chi connectivity index (χ4n) is 2.49. The quantitative estimate of drug-likeness (QED) is 0.680. The summed E-state index contributed by atoms with van der Waals surface area (Å²) in [6.07, 6.45) is 2.08. The van der Waals surface area contributed by atoms with Gasteiger partial charge in [0.15, 0.2) is 0 Å². The molecule has 134 valence electrons. The lowest BCUT2D eigenvalue weighted by molar-refractivity contribution is -0.121. The predicted molar refractivity (Wildman–Crippen MR) is 102 cm³/mol. The lowest BCUT2D eigenvalue weighted by Crippen LogP contribution is -2.23. The van der Waals surface area contributed by atoms with E-state index in [1.165, 1.54) is 0 Å². The van der Waals surface area contributed by atoms with Gasteiger partial charge in [0, 0.05) is 24.2 Å². The fraction of sp³-hybridized carbons (Fsp3) is 0.381. The summed E-state index contributed by atoms with van der Waals surface area (Å²) >= 11 is 0. The SMILES string of the molecule is CC(C)CCOc1ccccc1CNC(=O)CCc1ccccc1N. The van der Waals surface area contributed by atoms with Gasteiger partial charge in [-0.05, 0) is 36.5 Å². The third kappa shape index (κ3) is 6.49. The number of para-hydroxylation sites is 2. The Bertz CT molecular complexity index is 683. The van der Waals surface area contributed by atoms with Crippen molar-refractivity contribution in [1.29, 1.82) is 0 Å². The van der Waals surface area contributed by atoms with Gasteiger partial charge in [0.1, 0.15) is 5.75 Å². The monoisotopic (exact) mass is 340 g/mol. The molecular weight excluding hydrogens is 312 g/mol. The van der Waals surface area contributed by atoms with E-state index in [-0.39, 0.29) is 5.91 Å². The van der Waals surface area contributed by atoms with Crippen LogP contribution in [0.5, 0.6) is 5.75 Å². The highest BCUT2D eigenvalue weighted by atomic mass is 16.5. The van der Waals surface area contributed by atoms with E-state index in [2.05, 4.69) is 19.2 Å². The zero-order valence-electron chi connectivity index (χ0n) is 15.1. The van der Waals surface area contributed by atoms with Crippen molar-refractivity contribution < 1.29 is 9.53 Å². The van der Waals surface area contributed by atoms with Crippen LogP contribution in [0.25, 0.3) is 0 Å². The van der Waals surface area contributed by atoms with Crippen LogP contribution in [0, 0.1) is 5.92 Å². The van der Waals surface area contributed by atoms with E-state index < -0.39 is 0 Å². The molecule has 1 amide bonds. The molecule has 4 nitrogen and oxygen atoms in total. The fourth-order valence-corrected chi connectivity index (χ4v) is 2.49. The number of ether oxygens (including phenoxy) is 1. The Morgan fingerprint density at radius 1 is 1.08 bits per heavy atom. The first kappa shape index (κ1) is 18.8. The van der Waals surface area contributed by atoms with Crippen LogP contribution in [0.2, 0.25) is 0 Å². The van der Waals surface area contributed by atoms with E-state index in [9.17, 15) is 4.79 Å². The molecule has 2 aromatic rings. The van der Waals surface area contributed by atoms with E-state index >= 15 is 0 Å². The molecule has 0 aromatic heterocycles. The molecule has 0 fully saturated rings. The normalized spacial score (nSPS) is 10.7. The minimum atomic E-state index is 0.0141. The van der Waals surface area contributed by atoms with Gasteiger partial charge >= 0.3 is 0 Å². The summed E-state index contributed by atoms with van der Waals surface area (Å²) in [5.41, 5.74) is 8.65. The first-order valence-corrected chi connectivity index (χ1v) is 8.87. The number of amides is 1. The van der Waals surface area contributed by atoms with Crippen LogP contribution >= 0.6 is 0 Å². The lowest BCUT2D eigenvalue weighted by atomic mass is 10.1. The van der Waals surface area contributed by atoms with Crippen molar-refractivity contribution in [3.8, 4) is 5.75 Å². The molecule has 4 heteroatoms. The zero-order valence-corrected chi connectivity index (χ0v) is 15.1. The molecule has 0 heterocycles. The van der Waals surface area contributed by atoms with E-state index in [0.29, 0.717) is 31.9 Å². The van der Waals surface area contributed by atoms with Gasteiger partial charge < -0.3 is 15.8 Å². The van der Waals surface area contributed by atoms with E-state index in [1.54, 1.807) is 0 Å². The summed E-state index contributed by atoms with van der Waals surface area (Å²) in [5.74, 6) is 1.47. The van der Waals surface area contributed by atoms with Gasteiger partial charge in [0.2, 0.25) is 5.91 Å². The van der Waals surface area contributed by atoms with Crippen molar-refractivity contribution >= 4 is 11.6 Å². The minimum Gasteiger partial charge on any atom is -0.493 e. The summed E-state index contributed by atoms with van der Waals surface area (Å²) in [5, 5.41) is 2.97. The van der Waals surface area contributed by atoms with Crippen molar-refractivity contribution in [2.75, 3.05) is 12.3 Å². The molecule has 0 bridgehead atoms. The molecule has 0 aliphatic carbocycles. The number of carbonyl (C=O) groups is 1. The van der Waals surface area contributed by atoms with Crippen LogP contribution < -0.4 is 15.8 Å². The average molecular weight is 340 g/mol. The Morgan fingerprint density at radius 3 is 2.48 bits per heavy atom. The molecule has 0 radical (unpaired) electrons. The van der Waals surface area contributed by atoms with Crippen LogP contribution in [-0.4, -0.2) is 12.5 Å². The van der Waals surface area contributed by atoms with Gasteiger partial charge in [-0.2, -0.15) is 0 Å². The van der Waals surface area contributed by atoms with Crippen LogP contribution in [0.1, 0.15) is 37.8 Å². The van der Waals surface area contributed by atoms with Crippen molar-refractivity contribution in [1.82, 2.24) is 5.32 Å². The molecule has 0 saturated heterocycles. The smallest absolute Gasteiger partial charge is 0.220 e. The van der Waals surface area contributed by atoms with Crippen LogP contribution in [0.15, 0.2) is 48.5 Å². The molecular formula is C21H28N2O2. The summed E-state index contributed by atoms with van der Waals surface area (Å²) in [6, 6.07) is 15.5. The second kappa shape index (κ2) is 9.72. The first-order valence-electron chi connectivity index (χ1n) is 8.87. The molecule has 0 atom stereocenters. The number of nitrogens with two attached hydrogens (primary N) is 1. The minimum absolute atomic E-state index is 0.0141. The van der Waals surface area contributed by atoms with Gasteiger partial charge in [-0.15, -0.1) is 0 Å². The van der Waals surface area contributed by atoms with Crippen molar-refractivity contribution in [3.63, 3.8) is 0 Å². The van der Waals surface area contributed by atoms with Crippen molar-refractivity contribution in [2.45, 2.75) is 39.7 Å². The van der Waals surface area contributed by atoms with E-state index in [0.717, 1.165) is 29.0 Å². The maximum absolute atomic E-state index is 12.1. The van der Waals surface area contributed by atoms with Gasteiger partial charge in [0.05, 0.1) is 6.61 Å². The second-order valence-electron chi connectivity index (χ2n) is 6.61. The Morgan fingerprint density at radius 2 is 1.76 bits per heavy atom. The second-order valence-corrected chi connectivity index (χ2v) is 6.61. The third-order valence-corrected chi connectivity index (χ3v) is 4.08. The third-order valence-electron chi connectivity index (χ3n) is 4.08. The number of nitrogens with one attached hydrogen (secondary N) is 1. The molecule has 0 saturated carbocycles. The van der Waals surface area contributed by atoms with Gasteiger partial charge in [-0.25, -0.2) is 0 Å². The number of benzene rings is 2. The van der Waals surface area contributed by atoms with E-state index in [1.807, 2.05) is 48.5 Å². The molecule has 0 aliphatic rings. The van der Waals surface area contributed by atoms with Crippen molar-refractivity contribution in [2.24, 2.45) is 5.92 Å². The Hall–Kier alpha value is -2.49. The number of carbonyl (C=O) groups excluding carboxylic acids is 1. The summed E-state index contributed by atoms with van der Waals surface area (Å²) in [6.45, 7) is 5.51. The molecule has 0 aliphatic heterocycles. The molecule has 3 N–H and O–H groups in total. The number of aryl methyl sites for hydroxylation is 1. The number of hydrogen-bond acceptors (Lipinski definition) is 3. The molecule has 0 unspecified atom stereocenters. The molecule has 0 spiro atoms. The number of anilines is 1. The average Bonchev–Trinajstić information content (AvgIpc) is 2.60. The first-order chi connectivity index (χ1) is 12.1. The van der Waals surface area contributed by atoms with E-state index in [4.69, 9.17) is 10.5 Å². The standard InChI is InChI=1S/C21H28N2O2/c1-16(2)13-14-25-20-10-6-4-8-18(20)15-23-21(24)12-11-17-7-3-5-9-19(17)22/h3-10,16H,11-15,22H2,1-2H3,(H,23,24). The Kier molecular flexibility index (Phi) is 7.33. The van der Waals surface area contributed by atoms with Gasteiger partial charge in [-0.1, -0.05) is 50.2 Å². The summed E-state index contributed by atoms with van der Waals surface area (Å²) in [7, 11) is 0. The molecule has 2 rings (SSSR count). The number of hydrogen-bond donors (Lipinski definition) is 2. The Balaban J connectivity index is 1.82.